The summed E-state index contributed by atoms with van der Waals surface area (Å²) in [6.07, 6.45) is 1.72. The molecule has 1 N–H and O–H groups in total. The molecule has 1 heterocycles. The zero-order chi connectivity index (χ0) is 19.9. The number of nitrogens with one attached hydrogen (secondary N) is 1. The number of carbonyl (C=O) groups is 1. The Bertz CT molecular complexity index is 900. The Morgan fingerprint density at radius 3 is 2.29 bits per heavy atom. The Morgan fingerprint density at radius 1 is 1.00 bits per heavy atom. The number of nitrogens with zero attached hydrogens (tertiary/aromatic N) is 2. The van der Waals surface area contributed by atoms with Crippen LogP contribution in [0.3, 0.4) is 0 Å². The van der Waals surface area contributed by atoms with Gasteiger partial charge in [0.2, 0.25) is 0 Å². The molecule has 0 saturated heterocycles. The molecule has 0 fully saturated rings. The highest BCUT2D eigenvalue weighted by Gasteiger charge is 2.10. The molecule has 2 aromatic carbocycles. The molecule has 0 aliphatic heterocycles. The largest absolute Gasteiger partial charge is 0.494 e. The summed E-state index contributed by atoms with van der Waals surface area (Å²) < 4.78 is 12.7. The van der Waals surface area contributed by atoms with Crippen LogP contribution in [0.2, 0.25) is 0 Å². The normalized spacial score (nSPS) is 10.7. The quantitative estimate of drug-likeness (QED) is 0.616. The summed E-state index contributed by atoms with van der Waals surface area (Å²) in [7, 11) is 0. The van der Waals surface area contributed by atoms with E-state index in [1.807, 2.05) is 31.2 Å². The van der Waals surface area contributed by atoms with Gasteiger partial charge in [-0.3, -0.25) is 4.79 Å². The topological polar surface area (TPSA) is 65.4 Å². The number of hydrogen-bond donors (Lipinski definition) is 1. The van der Waals surface area contributed by atoms with Crippen LogP contribution in [0.1, 0.15) is 42.7 Å². The highest BCUT2D eigenvalue weighted by Crippen LogP contribution is 2.19. The van der Waals surface area contributed by atoms with Crippen molar-refractivity contribution in [1.29, 1.82) is 0 Å². The maximum atomic E-state index is 12.4. The van der Waals surface area contributed by atoms with E-state index >= 15 is 0 Å². The van der Waals surface area contributed by atoms with Crippen molar-refractivity contribution >= 4 is 11.6 Å². The van der Waals surface area contributed by atoms with Crippen LogP contribution in [-0.4, -0.2) is 22.3 Å². The van der Waals surface area contributed by atoms with Crippen LogP contribution in [0.4, 0.5) is 5.69 Å². The predicted octanol–water partition coefficient (Wildman–Crippen LogP) is 4.69. The molecule has 0 saturated carbocycles. The number of ether oxygens (including phenoxy) is 2. The van der Waals surface area contributed by atoms with Crippen LogP contribution in [0, 0.1) is 0 Å². The summed E-state index contributed by atoms with van der Waals surface area (Å²) in [6, 6.07) is 16.9. The molecule has 28 heavy (non-hydrogen) atoms. The van der Waals surface area contributed by atoms with Crippen molar-refractivity contribution in [2.24, 2.45) is 0 Å². The van der Waals surface area contributed by atoms with E-state index in [1.165, 1.54) is 5.56 Å². The standard InChI is InChI=1S/C22H25N3O3/c1-4-27-19-11-7-18(8-12-19)23-22(26)21-13-14-25(24-21)15-28-20-9-5-17(6-10-20)16(2)3/h5-14,16H,4,15H2,1-3H3,(H,23,26). The van der Waals surface area contributed by atoms with Crippen molar-refractivity contribution in [3.8, 4) is 11.5 Å². The minimum Gasteiger partial charge on any atom is -0.494 e. The first-order valence-corrected chi connectivity index (χ1v) is 9.35. The Hall–Kier alpha value is -3.28. The van der Waals surface area contributed by atoms with Crippen LogP contribution >= 0.6 is 0 Å². The maximum absolute atomic E-state index is 12.4. The van der Waals surface area contributed by atoms with Crippen molar-refractivity contribution < 1.29 is 14.3 Å². The first kappa shape index (κ1) is 19.5. The molecule has 3 rings (SSSR count). The molecule has 6 heteroatoms. The zero-order valence-corrected chi connectivity index (χ0v) is 16.4. The number of rotatable bonds is 8. The number of anilines is 1. The minimum absolute atomic E-state index is 0.233. The zero-order valence-electron chi connectivity index (χ0n) is 16.4. The van der Waals surface area contributed by atoms with E-state index in [1.54, 1.807) is 29.1 Å². The van der Waals surface area contributed by atoms with Gasteiger partial charge in [-0.15, -0.1) is 0 Å². The van der Waals surface area contributed by atoms with Crippen molar-refractivity contribution in [3.05, 3.63) is 72.1 Å². The second-order valence-corrected chi connectivity index (χ2v) is 6.65. The lowest BCUT2D eigenvalue weighted by atomic mass is 10.0. The summed E-state index contributed by atoms with van der Waals surface area (Å²) in [5.41, 5.74) is 2.27. The predicted molar refractivity (Wildman–Crippen MR) is 109 cm³/mol. The average Bonchev–Trinajstić information content (AvgIpc) is 3.18. The molecule has 0 atom stereocenters. The molecule has 3 aromatic rings. The van der Waals surface area contributed by atoms with E-state index in [0.717, 1.165) is 11.5 Å². The SMILES string of the molecule is CCOc1ccc(NC(=O)c2ccn(COc3ccc(C(C)C)cc3)n2)cc1. The van der Waals surface area contributed by atoms with Gasteiger partial charge in [0, 0.05) is 11.9 Å². The van der Waals surface area contributed by atoms with E-state index in [4.69, 9.17) is 9.47 Å². The molecule has 0 aliphatic rings. The number of benzene rings is 2. The Kier molecular flexibility index (Phi) is 6.32. The molecule has 6 nitrogen and oxygen atoms in total. The molecule has 0 bridgehead atoms. The van der Waals surface area contributed by atoms with Gasteiger partial charge in [-0.1, -0.05) is 26.0 Å². The van der Waals surface area contributed by atoms with E-state index < -0.39 is 0 Å². The van der Waals surface area contributed by atoms with Gasteiger partial charge >= 0.3 is 0 Å². The van der Waals surface area contributed by atoms with Gasteiger partial charge in [0.05, 0.1) is 6.61 Å². The lowest BCUT2D eigenvalue weighted by Crippen LogP contribution is -2.14. The molecule has 0 spiro atoms. The highest BCUT2D eigenvalue weighted by atomic mass is 16.5. The van der Waals surface area contributed by atoms with Crippen molar-refractivity contribution in [2.45, 2.75) is 33.4 Å². The fraction of sp³-hybridized carbons (Fsp3) is 0.273. The first-order valence-electron chi connectivity index (χ1n) is 9.35. The summed E-state index contributed by atoms with van der Waals surface area (Å²) in [6.45, 7) is 7.07. The molecule has 1 aromatic heterocycles. The molecular weight excluding hydrogens is 354 g/mol. The average molecular weight is 379 g/mol. The lowest BCUT2D eigenvalue weighted by molar-refractivity contribution is 0.102. The van der Waals surface area contributed by atoms with Crippen LogP contribution in [0.5, 0.6) is 11.5 Å². The number of amides is 1. The third kappa shape index (κ3) is 5.13. The fourth-order valence-electron chi connectivity index (χ4n) is 2.64. The van der Waals surface area contributed by atoms with Gasteiger partial charge in [0.25, 0.3) is 5.91 Å². The number of hydrogen-bond acceptors (Lipinski definition) is 4. The van der Waals surface area contributed by atoms with Crippen LogP contribution in [0.15, 0.2) is 60.8 Å². The van der Waals surface area contributed by atoms with E-state index in [9.17, 15) is 4.79 Å². The van der Waals surface area contributed by atoms with Crippen LogP contribution < -0.4 is 14.8 Å². The molecule has 0 unspecified atom stereocenters. The van der Waals surface area contributed by atoms with Gasteiger partial charge in [-0.05, 0) is 60.9 Å². The second kappa shape index (κ2) is 9.08. The van der Waals surface area contributed by atoms with E-state index in [-0.39, 0.29) is 12.6 Å². The number of carbonyl (C=O) groups excluding carboxylic acids is 1. The van der Waals surface area contributed by atoms with Crippen molar-refractivity contribution in [1.82, 2.24) is 9.78 Å². The molecule has 1 amide bonds. The van der Waals surface area contributed by atoms with Gasteiger partial charge < -0.3 is 14.8 Å². The fourth-order valence-corrected chi connectivity index (χ4v) is 2.64. The molecular formula is C22H25N3O3. The Balaban J connectivity index is 1.54. The smallest absolute Gasteiger partial charge is 0.276 e. The second-order valence-electron chi connectivity index (χ2n) is 6.65. The summed E-state index contributed by atoms with van der Waals surface area (Å²) in [4.78, 5) is 12.4. The third-order valence-electron chi connectivity index (χ3n) is 4.21. The van der Waals surface area contributed by atoms with Gasteiger partial charge in [-0.2, -0.15) is 5.10 Å². The summed E-state index contributed by atoms with van der Waals surface area (Å²) >= 11 is 0. The van der Waals surface area contributed by atoms with Crippen LogP contribution in [0.25, 0.3) is 0 Å². The minimum atomic E-state index is -0.274. The summed E-state index contributed by atoms with van der Waals surface area (Å²) in [5.74, 6) is 1.74. The Morgan fingerprint density at radius 2 is 1.64 bits per heavy atom. The van der Waals surface area contributed by atoms with Crippen molar-refractivity contribution in [3.63, 3.8) is 0 Å². The van der Waals surface area contributed by atoms with E-state index in [2.05, 4.69) is 36.4 Å². The molecule has 0 aliphatic carbocycles. The molecule has 146 valence electrons. The maximum Gasteiger partial charge on any atom is 0.276 e. The molecule has 0 radical (unpaired) electrons. The van der Waals surface area contributed by atoms with Gasteiger partial charge in [-0.25, -0.2) is 4.68 Å². The van der Waals surface area contributed by atoms with Gasteiger partial charge in [0.15, 0.2) is 12.4 Å². The highest BCUT2D eigenvalue weighted by molar-refractivity contribution is 6.02. The van der Waals surface area contributed by atoms with E-state index in [0.29, 0.717) is 23.9 Å². The Labute approximate surface area is 165 Å². The monoisotopic (exact) mass is 379 g/mol. The van der Waals surface area contributed by atoms with Crippen molar-refractivity contribution in [2.75, 3.05) is 11.9 Å². The number of aromatic nitrogens is 2. The van der Waals surface area contributed by atoms with Gasteiger partial charge in [0.1, 0.15) is 11.5 Å². The first-order chi connectivity index (χ1) is 13.5. The van der Waals surface area contributed by atoms with Crippen LogP contribution in [-0.2, 0) is 6.73 Å². The lowest BCUT2D eigenvalue weighted by Gasteiger charge is -2.09. The third-order valence-corrected chi connectivity index (χ3v) is 4.21. The summed E-state index contributed by atoms with van der Waals surface area (Å²) in [5, 5.41) is 7.09.